The van der Waals surface area contributed by atoms with Gasteiger partial charge in [-0.3, -0.25) is 9.69 Å². The van der Waals surface area contributed by atoms with Gasteiger partial charge < -0.3 is 14.6 Å². The van der Waals surface area contributed by atoms with Crippen LogP contribution in [0.4, 0.5) is 4.39 Å². The zero-order valence-corrected chi connectivity index (χ0v) is 18.6. The maximum atomic E-state index is 13.0. The SMILES string of the molecule is O=C(Cc1noc(-c2ccc(F)cc2)n1)NC[C@H]1CN(Cc2ccc(Cl)c(Cl)c2)CCO1. The number of halogens is 3. The van der Waals surface area contributed by atoms with Crippen molar-refractivity contribution in [2.75, 3.05) is 26.2 Å². The Hall–Kier alpha value is -2.52. The van der Waals surface area contributed by atoms with E-state index in [9.17, 15) is 9.18 Å². The summed E-state index contributed by atoms with van der Waals surface area (Å²) >= 11 is 12.1. The molecule has 3 aromatic rings. The van der Waals surface area contributed by atoms with E-state index in [0.717, 1.165) is 18.7 Å². The maximum Gasteiger partial charge on any atom is 0.257 e. The fraction of sp³-hybridized carbons (Fsp3) is 0.318. The van der Waals surface area contributed by atoms with Crippen LogP contribution >= 0.6 is 23.2 Å². The number of ether oxygens (including phenoxy) is 1. The number of benzene rings is 2. The third-order valence-electron chi connectivity index (χ3n) is 5.02. The molecule has 0 unspecified atom stereocenters. The first-order valence-electron chi connectivity index (χ1n) is 10.1. The summed E-state index contributed by atoms with van der Waals surface area (Å²) < 4.78 is 24.0. The molecule has 0 saturated carbocycles. The molecule has 1 aromatic heterocycles. The molecule has 2 aromatic carbocycles. The van der Waals surface area contributed by atoms with Crippen LogP contribution < -0.4 is 5.32 Å². The standard InChI is InChI=1S/C22H21Cl2FN4O3/c23-18-6-1-14(9-19(18)24)12-29-7-8-31-17(13-29)11-26-21(30)10-20-27-22(32-28-20)15-2-4-16(25)5-3-15/h1-6,9,17H,7-8,10-13H2,(H,26,30)/t17-/m0/s1. The third kappa shape index (κ3) is 6.04. The van der Waals surface area contributed by atoms with Crippen LogP contribution in [-0.2, 0) is 22.5 Å². The number of amides is 1. The van der Waals surface area contributed by atoms with E-state index in [0.29, 0.717) is 35.3 Å². The number of nitrogens with zero attached hydrogens (tertiary/aromatic N) is 3. The average molecular weight is 479 g/mol. The molecule has 168 valence electrons. The molecule has 0 spiro atoms. The van der Waals surface area contributed by atoms with Gasteiger partial charge in [-0.2, -0.15) is 4.98 Å². The van der Waals surface area contributed by atoms with Crippen molar-refractivity contribution in [2.45, 2.75) is 19.1 Å². The van der Waals surface area contributed by atoms with Crippen LogP contribution in [0, 0.1) is 5.82 Å². The molecule has 1 atom stereocenters. The molecular weight excluding hydrogens is 458 g/mol. The first-order valence-corrected chi connectivity index (χ1v) is 10.8. The van der Waals surface area contributed by atoms with Crippen LogP contribution in [0.3, 0.4) is 0 Å². The molecule has 0 bridgehead atoms. The average Bonchev–Trinajstić information content (AvgIpc) is 3.24. The second-order valence-corrected chi connectivity index (χ2v) is 8.29. The Bertz CT molecular complexity index is 1080. The lowest BCUT2D eigenvalue weighted by molar-refractivity contribution is -0.121. The second-order valence-electron chi connectivity index (χ2n) is 7.48. The van der Waals surface area contributed by atoms with Crippen LogP contribution in [-0.4, -0.2) is 53.3 Å². The highest BCUT2D eigenvalue weighted by atomic mass is 35.5. The summed E-state index contributed by atoms with van der Waals surface area (Å²) in [5.74, 6) is -0.0935. The van der Waals surface area contributed by atoms with Crippen LogP contribution in [0.1, 0.15) is 11.4 Å². The smallest absolute Gasteiger partial charge is 0.257 e. The first-order chi connectivity index (χ1) is 15.5. The normalized spacial score (nSPS) is 16.8. The summed E-state index contributed by atoms with van der Waals surface area (Å²) in [5, 5.41) is 7.74. The highest BCUT2D eigenvalue weighted by Gasteiger charge is 2.22. The van der Waals surface area contributed by atoms with Crippen molar-refractivity contribution in [2.24, 2.45) is 0 Å². The molecule has 1 aliphatic heterocycles. The van der Waals surface area contributed by atoms with Gasteiger partial charge in [0.15, 0.2) is 5.82 Å². The van der Waals surface area contributed by atoms with Gasteiger partial charge in [0.1, 0.15) is 5.82 Å². The number of hydrogen-bond donors (Lipinski definition) is 1. The summed E-state index contributed by atoms with van der Waals surface area (Å²) in [6.45, 7) is 3.14. The first kappa shape index (κ1) is 22.7. The van der Waals surface area contributed by atoms with Crippen molar-refractivity contribution in [1.82, 2.24) is 20.4 Å². The molecule has 2 heterocycles. The topological polar surface area (TPSA) is 80.5 Å². The van der Waals surface area contributed by atoms with Gasteiger partial charge in [-0.05, 0) is 42.0 Å². The van der Waals surface area contributed by atoms with E-state index in [1.807, 2.05) is 12.1 Å². The lowest BCUT2D eigenvalue weighted by Gasteiger charge is -2.33. The minimum absolute atomic E-state index is 0.0234. The number of hydrogen-bond acceptors (Lipinski definition) is 6. The predicted octanol–water partition coefficient (Wildman–Crippen LogP) is 3.74. The Morgan fingerprint density at radius 1 is 1.19 bits per heavy atom. The van der Waals surface area contributed by atoms with Crippen LogP contribution in [0.2, 0.25) is 10.0 Å². The summed E-state index contributed by atoms with van der Waals surface area (Å²) in [6, 6.07) is 11.3. The number of rotatable bonds is 7. The highest BCUT2D eigenvalue weighted by Crippen LogP contribution is 2.23. The Kier molecular flexibility index (Phi) is 7.36. The Labute approximate surface area is 194 Å². The Morgan fingerprint density at radius 2 is 2.00 bits per heavy atom. The van der Waals surface area contributed by atoms with Crippen molar-refractivity contribution in [3.63, 3.8) is 0 Å². The fourth-order valence-electron chi connectivity index (χ4n) is 3.41. The highest BCUT2D eigenvalue weighted by molar-refractivity contribution is 6.42. The summed E-state index contributed by atoms with van der Waals surface area (Å²) in [7, 11) is 0. The quantitative estimate of drug-likeness (QED) is 0.556. The van der Waals surface area contributed by atoms with Gasteiger partial charge in [-0.1, -0.05) is 34.4 Å². The van der Waals surface area contributed by atoms with Crippen molar-refractivity contribution in [3.05, 3.63) is 69.7 Å². The number of carbonyl (C=O) groups is 1. The van der Waals surface area contributed by atoms with Crippen molar-refractivity contribution in [3.8, 4) is 11.5 Å². The lowest BCUT2D eigenvalue weighted by atomic mass is 10.2. The van der Waals surface area contributed by atoms with E-state index >= 15 is 0 Å². The number of nitrogens with one attached hydrogen (secondary N) is 1. The van der Waals surface area contributed by atoms with Crippen molar-refractivity contribution in [1.29, 1.82) is 0 Å². The third-order valence-corrected chi connectivity index (χ3v) is 5.76. The van der Waals surface area contributed by atoms with Gasteiger partial charge >= 0.3 is 0 Å². The molecule has 32 heavy (non-hydrogen) atoms. The summed E-state index contributed by atoms with van der Waals surface area (Å²) in [4.78, 5) is 18.7. The van der Waals surface area contributed by atoms with Gasteiger partial charge in [-0.15, -0.1) is 0 Å². The fourth-order valence-corrected chi connectivity index (χ4v) is 3.73. The molecular formula is C22H21Cl2FN4O3. The molecule has 1 aliphatic rings. The molecule has 1 N–H and O–H groups in total. The number of carbonyl (C=O) groups excluding carboxylic acids is 1. The number of morpholine rings is 1. The molecule has 4 rings (SSSR count). The largest absolute Gasteiger partial charge is 0.374 e. The molecule has 0 aliphatic carbocycles. The molecule has 7 nitrogen and oxygen atoms in total. The zero-order chi connectivity index (χ0) is 22.5. The minimum atomic E-state index is -0.353. The maximum absolute atomic E-state index is 13.0. The molecule has 1 fully saturated rings. The van der Waals surface area contributed by atoms with E-state index in [1.165, 1.54) is 24.3 Å². The minimum Gasteiger partial charge on any atom is -0.374 e. The van der Waals surface area contributed by atoms with Crippen molar-refractivity contribution < 1.29 is 18.4 Å². The Balaban J connectivity index is 1.25. The van der Waals surface area contributed by atoms with Gasteiger partial charge in [0.05, 0.1) is 29.2 Å². The molecule has 1 amide bonds. The van der Waals surface area contributed by atoms with Gasteiger partial charge in [0.25, 0.3) is 5.89 Å². The van der Waals surface area contributed by atoms with Gasteiger partial charge in [0, 0.05) is 31.7 Å². The van der Waals surface area contributed by atoms with E-state index in [4.69, 9.17) is 32.5 Å². The molecule has 0 radical (unpaired) electrons. The van der Waals surface area contributed by atoms with Crippen LogP contribution in [0.5, 0.6) is 0 Å². The van der Waals surface area contributed by atoms with E-state index in [2.05, 4.69) is 20.4 Å². The predicted molar refractivity (Wildman–Crippen MR) is 118 cm³/mol. The summed E-state index contributed by atoms with van der Waals surface area (Å²) in [5.41, 5.74) is 1.65. The Morgan fingerprint density at radius 3 is 2.78 bits per heavy atom. The van der Waals surface area contributed by atoms with E-state index in [1.54, 1.807) is 6.07 Å². The van der Waals surface area contributed by atoms with Crippen LogP contribution in [0.15, 0.2) is 47.0 Å². The van der Waals surface area contributed by atoms with Gasteiger partial charge in [-0.25, -0.2) is 4.39 Å². The van der Waals surface area contributed by atoms with E-state index in [-0.39, 0.29) is 36.0 Å². The monoisotopic (exact) mass is 478 g/mol. The second kappa shape index (κ2) is 10.4. The molecule has 1 saturated heterocycles. The van der Waals surface area contributed by atoms with E-state index < -0.39 is 0 Å². The lowest BCUT2D eigenvalue weighted by Crippen LogP contribution is -2.47. The molecule has 10 heteroatoms. The summed E-state index contributed by atoms with van der Waals surface area (Å²) in [6.07, 6.45) is -0.153. The van der Waals surface area contributed by atoms with Gasteiger partial charge in [0.2, 0.25) is 5.91 Å². The van der Waals surface area contributed by atoms with Crippen molar-refractivity contribution >= 4 is 29.1 Å². The van der Waals surface area contributed by atoms with Crippen LogP contribution in [0.25, 0.3) is 11.5 Å². The number of aromatic nitrogens is 2. The zero-order valence-electron chi connectivity index (χ0n) is 17.1.